The molecule has 12 aromatic rings. The number of hydrogen-bond acceptors (Lipinski definition) is 38. The maximum absolute atomic E-state index is 12.5. The van der Waals surface area contributed by atoms with Gasteiger partial charge < -0.3 is 107 Å². The molecule has 6 aromatic heterocycles. The van der Waals surface area contributed by atoms with Crippen LogP contribution in [0.1, 0.15) is 43.0 Å². The van der Waals surface area contributed by atoms with E-state index in [4.69, 9.17) is 123 Å². The fourth-order valence-corrected chi connectivity index (χ4v) is 23.0. The highest BCUT2D eigenvalue weighted by Gasteiger charge is 2.43. The number of nitrogens with zero attached hydrogens (tertiary/aromatic N) is 8. The number of unbranched alkanes of at least 4 members (excludes halogenated alkanes) is 1. The number of carbonyl (C=O) groups excluding carboxylic acids is 3. The SMILES string of the molecule is C=C(C)CSCCOCCOCCOCCOc1ccc(-c2nc3c(-c4ccc(C)s4)c4nsnc4c(-c4ccc(-c5c6nsnc6c(C)c6nc(-c7ccc(OCCOCCOCCOCCSCC(=O)O)cc7)c(-c7ccc(OCCOCCOCCOCCSCC(=O)O)cc7)nc56)s4)c3nc2-c2ccc(OCCOCCOCCOCCSCC(=O)NCCNC(=O)CCCC[C@@H]3SC[C@@H]4NC(=O)N[C@@H]43)cc2)cc1. The molecule has 0 spiro atoms. The Kier molecular flexibility index (Phi) is 48.5. The number of aromatic nitrogens is 8. The van der Waals surface area contributed by atoms with Crippen LogP contribution in [0.15, 0.2) is 133 Å². The zero-order valence-electron chi connectivity index (χ0n) is 83.1. The van der Waals surface area contributed by atoms with Crippen LogP contribution in [0, 0.1) is 13.8 Å². The lowest BCUT2D eigenvalue weighted by molar-refractivity contribution is -0.134. The molecule has 2 aliphatic rings. The van der Waals surface area contributed by atoms with Crippen LogP contribution in [0.25, 0.3) is 120 Å². The largest absolute Gasteiger partial charge is 0.491 e. The number of rotatable bonds is 75. The lowest BCUT2D eigenvalue weighted by atomic mass is 9.99. The molecule has 794 valence electrons. The van der Waals surface area contributed by atoms with E-state index in [1.54, 1.807) is 34.4 Å². The summed E-state index contributed by atoms with van der Waals surface area (Å²) in [4.78, 5) is 84.9. The minimum absolute atomic E-state index is 0.0316. The summed E-state index contributed by atoms with van der Waals surface area (Å²) in [6, 6.07) is 39.9. The molecular formula is C104H126N12O23S9. The minimum atomic E-state index is -0.849. The topological polar surface area (TPSA) is 425 Å². The highest BCUT2D eigenvalue weighted by molar-refractivity contribution is 8.00. The molecule has 2 aliphatic heterocycles. The van der Waals surface area contributed by atoms with Gasteiger partial charge in [-0.1, -0.05) is 18.6 Å². The standard InChI is InChI=1S/C104H126N12O23S9/c1-68(2)63-140-59-55-132-43-39-124-31-35-128-49-53-138-77-22-14-73(15-23-77)95-96(74-16-24-78(25-17-74)139-54-50-129-36-32-125-40-44-133-56-60-141-65-85(118)106-30-29-105-84(117)8-6-5-7-83-97-79(64-144-83)107-104(123)112-97)111-100-90(103-102(115-148-116-103)88(99(100)110-95)80-26-9-69(3)145-80)82-28-27-81(146-82)89-98-91(70(4)92-101(89)114-147-113-92)108-93(71-10-18-75(19-11-71)136-51-47-130-37-33-126-41-45-134-57-61-142-66-86(119)120)94(109-98)72-12-20-76(21-13-72)137-52-48-131-38-34-127-42-46-135-58-62-143-67-87(121)122/h9-28,79,83,97H,1,5-8,29-67H2,2-4H3,(H,105,117)(H,106,118)(H,119,120)(H,121,122)(H2,107,112,123)/t79-,83-,97-/m0/s1. The van der Waals surface area contributed by atoms with Crippen LogP contribution >= 0.6 is 105 Å². The molecule has 35 nitrogen and oxygen atoms in total. The van der Waals surface area contributed by atoms with E-state index in [0.717, 1.165) is 130 Å². The van der Waals surface area contributed by atoms with Crippen molar-refractivity contribution in [3.63, 3.8) is 0 Å². The number of carboxylic acid groups (broad SMARTS) is 2. The van der Waals surface area contributed by atoms with E-state index in [0.29, 0.717) is 304 Å². The highest BCUT2D eigenvalue weighted by atomic mass is 32.2. The van der Waals surface area contributed by atoms with E-state index in [2.05, 4.69) is 59.0 Å². The summed E-state index contributed by atoms with van der Waals surface area (Å²) >= 11 is 13.2. The van der Waals surface area contributed by atoms with Crippen molar-refractivity contribution in [3.8, 4) is 99.3 Å². The maximum atomic E-state index is 12.5. The van der Waals surface area contributed by atoms with Gasteiger partial charge in [-0.25, -0.2) is 24.7 Å². The third-order valence-corrected chi connectivity index (χ3v) is 31.4. The molecule has 148 heavy (non-hydrogen) atoms. The van der Waals surface area contributed by atoms with Crippen molar-refractivity contribution in [3.05, 3.63) is 144 Å². The average Bonchev–Trinajstić information content (AvgIpc) is 1.50. The monoisotopic (exact) mass is 2200 g/mol. The molecule has 6 aromatic carbocycles. The summed E-state index contributed by atoms with van der Waals surface area (Å²) in [6.07, 6.45) is 3.07. The zero-order chi connectivity index (χ0) is 103. The number of urea groups is 1. The summed E-state index contributed by atoms with van der Waals surface area (Å²) < 4.78 is 114. The Morgan fingerprint density at radius 2 is 0.703 bits per heavy atom. The summed E-state index contributed by atoms with van der Waals surface area (Å²) in [5, 5.41) is 29.8. The number of thiophene rings is 2. The van der Waals surface area contributed by atoms with E-state index in [9.17, 15) is 24.0 Å². The maximum Gasteiger partial charge on any atom is 0.315 e. The number of carboxylic acids is 2. The Morgan fingerprint density at radius 3 is 1.07 bits per heavy atom. The Balaban J connectivity index is 0.660. The second kappa shape index (κ2) is 63.0. The fraction of sp³-hybridized carbons (Fsp3) is 0.471. The number of hydrogen-bond donors (Lipinski definition) is 6. The van der Waals surface area contributed by atoms with Crippen molar-refractivity contribution >= 4 is 179 Å². The Bertz CT molecular complexity index is 6170. The molecule has 0 bridgehead atoms. The van der Waals surface area contributed by atoms with E-state index in [-0.39, 0.29) is 60.4 Å². The Morgan fingerprint density at radius 1 is 0.378 bits per heavy atom. The van der Waals surface area contributed by atoms with E-state index < -0.39 is 11.9 Å². The first kappa shape index (κ1) is 114. The van der Waals surface area contributed by atoms with Gasteiger partial charge in [0.25, 0.3) is 0 Å². The Hall–Kier alpha value is -9.60. The third-order valence-electron chi connectivity index (χ3n) is 22.8. The number of carbonyl (C=O) groups is 5. The van der Waals surface area contributed by atoms with Gasteiger partial charge in [0.15, 0.2) is 0 Å². The van der Waals surface area contributed by atoms with Crippen molar-refractivity contribution in [1.29, 1.82) is 0 Å². The number of ether oxygens (including phenoxy) is 16. The van der Waals surface area contributed by atoms with Crippen LogP contribution in [-0.4, -0.2) is 345 Å². The normalized spacial score (nSPS) is 13.9. The quantitative estimate of drug-likeness (QED) is 0.0117. The van der Waals surface area contributed by atoms with Gasteiger partial charge in [-0.05, 0) is 155 Å². The molecule has 44 heteroatoms. The molecule has 0 radical (unpaired) electrons. The van der Waals surface area contributed by atoms with Crippen molar-refractivity contribution in [2.75, 3.05) is 250 Å². The molecule has 8 heterocycles. The molecule has 0 unspecified atom stereocenters. The first-order valence-electron chi connectivity index (χ1n) is 49.2. The van der Waals surface area contributed by atoms with Gasteiger partial charge in [0.2, 0.25) is 11.8 Å². The molecule has 3 atom stereocenters. The average molecular weight is 2200 g/mol. The van der Waals surface area contributed by atoms with E-state index >= 15 is 0 Å². The van der Waals surface area contributed by atoms with Crippen LogP contribution in [0.4, 0.5) is 4.79 Å². The predicted octanol–water partition coefficient (Wildman–Crippen LogP) is 16.3. The fourth-order valence-electron chi connectivity index (χ4n) is 15.8. The van der Waals surface area contributed by atoms with Gasteiger partial charge in [0.1, 0.15) is 88.0 Å². The molecule has 0 saturated carbocycles. The second-order valence-corrected chi connectivity index (χ2v) is 43.0. The number of fused-ring (bicyclic) bond motifs is 5. The summed E-state index contributed by atoms with van der Waals surface area (Å²) in [5.41, 5.74) is 15.0. The lowest BCUT2D eigenvalue weighted by Crippen LogP contribution is -2.36. The molecule has 2 fully saturated rings. The van der Waals surface area contributed by atoms with Crippen molar-refractivity contribution in [2.24, 2.45) is 0 Å². The minimum Gasteiger partial charge on any atom is -0.491 e. The van der Waals surface area contributed by atoms with Crippen LogP contribution < -0.4 is 40.2 Å². The third kappa shape index (κ3) is 36.0. The summed E-state index contributed by atoms with van der Waals surface area (Å²) in [6.45, 7) is 21.7. The van der Waals surface area contributed by atoms with E-state index in [1.807, 2.05) is 123 Å². The lowest BCUT2D eigenvalue weighted by Gasteiger charge is -2.16. The molecule has 6 N–H and O–H groups in total. The zero-order valence-corrected chi connectivity index (χ0v) is 90.5. The van der Waals surface area contributed by atoms with Crippen LogP contribution in [0.2, 0.25) is 0 Å². The van der Waals surface area contributed by atoms with Gasteiger partial charge in [-0.3, -0.25) is 19.2 Å². The number of amides is 4. The van der Waals surface area contributed by atoms with Crippen molar-refractivity contribution < 1.29 is 110 Å². The van der Waals surface area contributed by atoms with Gasteiger partial charge in [0.05, 0.1) is 240 Å². The smallest absolute Gasteiger partial charge is 0.315 e. The van der Waals surface area contributed by atoms with Crippen LogP contribution in [0.3, 0.4) is 0 Å². The first-order valence-corrected chi connectivity index (χ1v) is 57.9. The van der Waals surface area contributed by atoms with Crippen LogP contribution in [0.5, 0.6) is 23.0 Å². The van der Waals surface area contributed by atoms with Gasteiger partial charge >= 0.3 is 18.0 Å². The van der Waals surface area contributed by atoms with Crippen LogP contribution in [-0.2, 0) is 76.0 Å². The predicted molar refractivity (Wildman–Crippen MR) is 589 cm³/mol. The van der Waals surface area contributed by atoms with Crippen molar-refractivity contribution in [1.82, 2.24) is 58.7 Å². The van der Waals surface area contributed by atoms with Gasteiger partial charge in [-0.15, -0.1) is 58.0 Å². The second-order valence-electron chi connectivity index (χ2n) is 33.8. The number of benzene rings is 6. The molecule has 2 saturated heterocycles. The number of aryl methyl sites for hydroxylation is 2. The van der Waals surface area contributed by atoms with E-state index in [1.165, 1.54) is 35.3 Å². The summed E-state index contributed by atoms with van der Waals surface area (Å²) in [7, 11) is 0. The van der Waals surface area contributed by atoms with Gasteiger partial charge in [0, 0.05) is 123 Å². The molecule has 4 amide bonds. The van der Waals surface area contributed by atoms with Gasteiger partial charge in [-0.2, -0.15) is 41.0 Å². The number of thioether (sulfide) groups is 5. The molecule has 14 rings (SSSR count). The number of nitrogens with one attached hydrogen (secondary N) is 4. The molecule has 0 aliphatic carbocycles. The first-order chi connectivity index (χ1) is 72.6. The molecular weight excluding hydrogens is 2070 g/mol. The Labute approximate surface area is 897 Å². The highest BCUT2D eigenvalue weighted by Crippen LogP contribution is 2.50. The number of aliphatic carboxylic acids is 2. The summed E-state index contributed by atoms with van der Waals surface area (Å²) in [5.74, 6) is 5.65. The van der Waals surface area contributed by atoms with Crippen molar-refractivity contribution in [2.45, 2.75) is 63.8 Å².